The van der Waals surface area contributed by atoms with E-state index in [9.17, 15) is 0 Å². The molecule has 1 saturated carbocycles. The van der Waals surface area contributed by atoms with Crippen molar-refractivity contribution in [1.82, 2.24) is 10.2 Å². The Balaban J connectivity index is 1.95. The highest BCUT2D eigenvalue weighted by molar-refractivity contribution is 4.97. The lowest BCUT2D eigenvalue weighted by Crippen LogP contribution is -2.59. The highest BCUT2D eigenvalue weighted by Gasteiger charge is 2.37. The van der Waals surface area contributed by atoms with Crippen LogP contribution in [0.5, 0.6) is 0 Å². The summed E-state index contributed by atoms with van der Waals surface area (Å²) >= 11 is 0. The van der Waals surface area contributed by atoms with Crippen LogP contribution in [0.3, 0.4) is 0 Å². The zero-order valence-corrected chi connectivity index (χ0v) is 11.7. The number of piperazine rings is 1. The van der Waals surface area contributed by atoms with Gasteiger partial charge in [-0.15, -0.1) is 0 Å². The van der Waals surface area contributed by atoms with Gasteiger partial charge < -0.3 is 5.32 Å². The summed E-state index contributed by atoms with van der Waals surface area (Å²) in [7, 11) is 0. The second kappa shape index (κ2) is 6.01. The van der Waals surface area contributed by atoms with Crippen molar-refractivity contribution in [3.8, 4) is 0 Å². The molecule has 98 valence electrons. The molecule has 2 rings (SSSR count). The Morgan fingerprint density at radius 3 is 2.76 bits per heavy atom. The zero-order chi connectivity index (χ0) is 12.3. The minimum absolute atomic E-state index is 0.728. The van der Waals surface area contributed by atoms with E-state index in [1.54, 1.807) is 0 Å². The molecule has 0 aromatic carbocycles. The lowest BCUT2D eigenvalue weighted by molar-refractivity contribution is 0.0975. The van der Waals surface area contributed by atoms with E-state index in [-0.39, 0.29) is 0 Å². The summed E-state index contributed by atoms with van der Waals surface area (Å²) < 4.78 is 0. The van der Waals surface area contributed by atoms with E-state index in [0.29, 0.717) is 0 Å². The summed E-state index contributed by atoms with van der Waals surface area (Å²) in [5.41, 5.74) is 0. The Hall–Kier alpha value is -0.340. The second-order valence-corrected chi connectivity index (χ2v) is 5.83. The summed E-state index contributed by atoms with van der Waals surface area (Å²) in [5.74, 6) is 1.77. The van der Waals surface area contributed by atoms with Crippen LogP contribution in [-0.2, 0) is 0 Å². The van der Waals surface area contributed by atoms with Crippen LogP contribution in [0.1, 0.15) is 40.0 Å². The molecule has 0 spiro atoms. The number of allylic oxidation sites excluding steroid dienone is 1. The van der Waals surface area contributed by atoms with Crippen LogP contribution in [0.4, 0.5) is 0 Å². The molecular formula is C15H28N2. The fourth-order valence-electron chi connectivity index (χ4n) is 2.95. The maximum atomic E-state index is 3.79. The van der Waals surface area contributed by atoms with Gasteiger partial charge in [-0.2, -0.15) is 0 Å². The molecule has 1 heterocycles. The van der Waals surface area contributed by atoms with E-state index in [0.717, 1.165) is 30.5 Å². The molecule has 1 N–H and O–H groups in total. The SMILES string of the molecule is C/C=C/CN1CC(C2CC2)NCC1C(C)CC. The quantitative estimate of drug-likeness (QED) is 0.738. The Morgan fingerprint density at radius 1 is 1.41 bits per heavy atom. The van der Waals surface area contributed by atoms with Gasteiger partial charge in [0.15, 0.2) is 0 Å². The van der Waals surface area contributed by atoms with Crippen molar-refractivity contribution >= 4 is 0 Å². The molecule has 2 aliphatic rings. The van der Waals surface area contributed by atoms with Crippen LogP contribution >= 0.6 is 0 Å². The third-order valence-corrected chi connectivity index (χ3v) is 4.56. The molecule has 1 aliphatic carbocycles. The van der Waals surface area contributed by atoms with Gasteiger partial charge in [0.1, 0.15) is 0 Å². The maximum absolute atomic E-state index is 3.79. The largest absolute Gasteiger partial charge is 0.311 e. The van der Waals surface area contributed by atoms with Crippen molar-refractivity contribution in [3.63, 3.8) is 0 Å². The Morgan fingerprint density at radius 2 is 2.18 bits per heavy atom. The van der Waals surface area contributed by atoms with Crippen LogP contribution in [0.2, 0.25) is 0 Å². The maximum Gasteiger partial charge on any atom is 0.0250 e. The fourth-order valence-corrected chi connectivity index (χ4v) is 2.95. The van der Waals surface area contributed by atoms with E-state index >= 15 is 0 Å². The van der Waals surface area contributed by atoms with E-state index < -0.39 is 0 Å². The molecule has 2 nitrogen and oxygen atoms in total. The summed E-state index contributed by atoms with van der Waals surface area (Å²) in [6, 6.07) is 1.49. The number of hydrogen-bond acceptors (Lipinski definition) is 2. The number of rotatable bonds is 5. The molecular weight excluding hydrogens is 208 g/mol. The minimum atomic E-state index is 0.728. The van der Waals surface area contributed by atoms with Crippen LogP contribution < -0.4 is 5.32 Å². The third-order valence-electron chi connectivity index (χ3n) is 4.56. The smallest absolute Gasteiger partial charge is 0.0250 e. The van der Waals surface area contributed by atoms with Crippen LogP contribution in [-0.4, -0.2) is 36.6 Å². The highest BCUT2D eigenvalue weighted by atomic mass is 15.2. The summed E-state index contributed by atoms with van der Waals surface area (Å²) in [4.78, 5) is 2.70. The molecule has 1 aliphatic heterocycles. The van der Waals surface area contributed by atoms with Gasteiger partial charge in [0, 0.05) is 31.7 Å². The number of hydrogen-bond donors (Lipinski definition) is 1. The van der Waals surface area contributed by atoms with Crippen LogP contribution in [0, 0.1) is 11.8 Å². The molecule has 0 radical (unpaired) electrons. The normalized spacial score (nSPS) is 33.1. The topological polar surface area (TPSA) is 15.3 Å². The van der Waals surface area contributed by atoms with Gasteiger partial charge in [0.2, 0.25) is 0 Å². The fraction of sp³-hybridized carbons (Fsp3) is 0.867. The van der Waals surface area contributed by atoms with Crippen molar-refractivity contribution in [2.24, 2.45) is 11.8 Å². The van der Waals surface area contributed by atoms with Crippen LogP contribution in [0.25, 0.3) is 0 Å². The van der Waals surface area contributed by atoms with Crippen molar-refractivity contribution in [2.75, 3.05) is 19.6 Å². The summed E-state index contributed by atoms with van der Waals surface area (Å²) in [6.45, 7) is 10.4. The van der Waals surface area contributed by atoms with E-state index in [1.165, 1.54) is 32.4 Å². The van der Waals surface area contributed by atoms with Gasteiger partial charge in [0.25, 0.3) is 0 Å². The molecule has 2 fully saturated rings. The Kier molecular flexibility index (Phi) is 4.63. The Labute approximate surface area is 106 Å². The lowest BCUT2D eigenvalue weighted by Gasteiger charge is -2.43. The molecule has 0 amide bonds. The molecule has 3 unspecified atom stereocenters. The predicted octanol–water partition coefficient (Wildman–Crippen LogP) is 2.66. The van der Waals surface area contributed by atoms with Gasteiger partial charge in [-0.05, 0) is 31.6 Å². The first-order valence-corrected chi connectivity index (χ1v) is 7.34. The minimum Gasteiger partial charge on any atom is -0.311 e. The zero-order valence-electron chi connectivity index (χ0n) is 11.7. The predicted molar refractivity (Wildman–Crippen MR) is 74.1 cm³/mol. The van der Waals surface area contributed by atoms with Crippen molar-refractivity contribution in [2.45, 2.75) is 52.1 Å². The summed E-state index contributed by atoms with van der Waals surface area (Å²) in [6.07, 6.45) is 8.67. The van der Waals surface area contributed by atoms with E-state index in [4.69, 9.17) is 0 Å². The molecule has 0 aromatic rings. The number of nitrogens with zero attached hydrogens (tertiary/aromatic N) is 1. The second-order valence-electron chi connectivity index (χ2n) is 5.83. The number of nitrogens with one attached hydrogen (secondary N) is 1. The first-order valence-electron chi connectivity index (χ1n) is 7.34. The summed E-state index contributed by atoms with van der Waals surface area (Å²) in [5, 5.41) is 3.79. The highest BCUT2D eigenvalue weighted by Crippen LogP contribution is 2.35. The first-order chi connectivity index (χ1) is 8.26. The van der Waals surface area contributed by atoms with E-state index in [2.05, 4.69) is 43.1 Å². The van der Waals surface area contributed by atoms with E-state index in [1.807, 2.05) is 0 Å². The van der Waals surface area contributed by atoms with Gasteiger partial charge in [-0.25, -0.2) is 0 Å². The first kappa shape index (κ1) is 13.1. The van der Waals surface area contributed by atoms with Crippen molar-refractivity contribution < 1.29 is 0 Å². The molecule has 2 heteroatoms. The molecule has 1 saturated heterocycles. The van der Waals surface area contributed by atoms with Crippen LogP contribution in [0.15, 0.2) is 12.2 Å². The average molecular weight is 236 g/mol. The van der Waals surface area contributed by atoms with Gasteiger partial charge in [0.05, 0.1) is 0 Å². The average Bonchev–Trinajstić information content (AvgIpc) is 3.19. The van der Waals surface area contributed by atoms with Crippen molar-refractivity contribution in [1.29, 1.82) is 0 Å². The standard InChI is InChI=1S/C15H28N2/c1-4-6-9-17-11-14(13-7-8-13)16-10-15(17)12(3)5-2/h4,6,12-16H,5,7-11H2,1-3H3/b6-4+. The monoisotopic (exact) mass is 236 g/mol. The van der Waals surface area contributed by atoms with Gasteiger partial charge >= 0.3 is 0 Å². The molecule has 0 aromatic heterocycles. The molecule has 17 heavy (non-hydrogen) atoms. The molecule has 3 atom stereocenters. The third kappa shape index (κ3) is 3.32. The van der Waals surface area contributed by atoms with Gasteiger partial charge in [-0.3, -0.25) is 4.90 Å². The van der Waals surface area contributed by atoms with Gasteiger partial charge in [-0.1, -0.05) is 32.4 Å². The molecule has 0 bridgehead atoms. The lowest BCUT2D eigenvalue weighted by atomic mass is 9.93. The van der Waals surface area contributed by atoms with Crippen molar-refractivity contribution in [3.05, 3.63) is 12.2 Å². The Bertz CT molecular complexity index is 258.